The first-order chi connectivity index (χ1) is 16.7. The molecule has 4 aromatic rings. The molecule has 0 fully saturated rings. The fourth-order valence-electron chi connectivity index (χ4n) is 3.72. The highest BCUT2D eigenvalue weighted by molar-refractivity contribution is 7.92. The van der Waals surface area contributed by atoms with Crippen molar-refractivity contribution in [2.24, 2.45) is 0 Å². The third-order valence-corrected chi connectivity index (χ3v) is 7.47. The lowest BCUT2D eigenvalue weighted by Gasteiger charge is -2.21. The van der Waals surface area contributed by atoms with Crippen LogP contribution in [0.1, 0.15) is 27.6 Å². The van der Waals surface area contributed by atoms with E-state index >= 15 is 0 Å². The highest BCUT2D eigenvalue weighted by Gasteiger charge is 2.26. The third-order valence-electron chi connectivity index (χ3n) is 5.68. The van der Waals surface area contributed by atoms with Gasteiger partial charge in [-0.3, -0.25) is 9.10 Å². The summed E-state index contributed by atoms with van der Waals surface area (Å²) < 4.78 is 37.9. The number of sulfonamides is 1. The maximum Gasteiger partial charge on any atom is 0.338 e. The van der Waals surface area contributed by atoms with Crippen LogP contribution in [0, 0.1) is 0 Å². The number of hydrogen-bond donors (Lipinski definition) is 1. The van der Waals surface area contributed by atoms with Crippen molar-refractivity contribution in [1.29, 1.82) is 0 Å². The van der Waals surface area contributed by atoms with Crippen LogP contribution < -0.4 is 9.04 Å². The maximum atomic E-state index is 13.1. The van der Waals surface area contributed by atoms with Crippen LogP contribution in [0.15, 0.2) is 83.9 Å². The number of Topliss-reactive ketones (excluding diaryl/α,β-unsaturated/α-hetero) is 1. The average Bonchev–Trinajstić information content (AvgIpc) is 3.31. The summed E-state index contributed by atoms with van der Waals surface area (Å²) >= 11 is 0. The second kappa shape index (κ2) is 9.63. The third kappa shape index (κ3) is 4.63. The van der Waals surface area contributed by atoms with Crippen molar-refractivity contribution in [3.8, 4) is 5.75 Å². The molecule has 0 saturated heterocycles. The number of carbonyl (C=O) groups is 2. The number of methoxy groups -OCH3 is 1. The van der Waals surface area contributed by atoms with Gasteiger partial charge in [0.2, 0.25) is 5.78 Å². The summed E-state index contributed by atoms with van der Waals surface area (Å²) in [5.74, 6) is -0.659. The molecule has 4 rings (SSSR count). The normalized spacial score (nSPS) is 12.2. The standard InChI is InChI=1S/C26H24N2O6S/c1-17(25(29)21-16-27-22-9-5-4-8-20(21)22)34-26(30)18-12-14-19(15-13-18)35(31,32)28(2)23-10-6-7-11-24(23)33-3/h4-17,27H,1-3H3. The molecule has 0 radical (unpaired) electrons. The van der Waals surface area contributed by atoms with Gasteiger partial charge in [-0.25, -0.2) is 13.2 Å². The predicted molar refractivity (Wildman–Crippen MR) is 133 cm³/mol. The van der Waals surface area contributed by atoms with Gasteiger partial charge in [0.1, 0.15) is 5.75 Å². The van der Waals surface area contributed by atoms with Crippen molar-refractivity contribution in [1.82, 2.24) is 4.98 Å². The van der Waals surface area contributed by atoms with Crippen molar-refractivity contribution in [3.63, 3.8) is 0 Å². The number of ketones is 1. The number of hydrogen-bond acceptors (Lipinski definition) is 6. The second-order valence-corrected chi connectivity index (χ2v) is 9.80. The van der Waals surface area contributed by atoms with Gasteiger partial charge < -0.3 is 14.5 Å². The number of carbonyl (C=O) groups excluding carboxylic acids is 2. The average molecular weight is 493 g/mol. The molecule has 0 spiro atoms. The van der Waals surface area contributed by atoms with Gasteiger partial charge in [-0.2, -0.15) is 0 Å². The molecule has 0 amide bonds. The van der Waals surface area contributed by atoms with Gasteiger partial charge in [-0.15, -0.1) is 0 Å². The Morgan fingerprint density at radius 3 is 2.31 bits per heavy atom. The molecule has 0 saturated carbocycles. The van der Waals surface area contributed by atoms with E-state index in [1.54, 1.807) is 30.5 Å². The number of esters is 1. The van der Waals surface area contributed by atoms with E-state index in [-0.39, 0.29) is 16.2 Å². The zero-order valence-corrected chi connectivity index (χ0v) is 20.2. The Morgan fingerprint density at radius 1 is 0.943 bits per heavy atom. The van der Waals surface area contributed by atoms with Crippen molar-refractivity contribution >= 4 is 38.4 Å². The summed E-state index contributed by atoms with van der Waals surface area (Å²) in [4.78, 5) is 28.5. The molecule has 35 heavy (non-hydrogen) atoms. The van der Waals surface area contributed by atoms with Gasteiger partial charge in [0.05, 0.1) is 23.3 Å². The summed E-state index contributed by atoms with van der Waals surface area (Å²) in [5.41, 5.74) is 1.75. The van der Waals surface area contributed by atoms with Crippen LogP contribution in [-0.4, -0.2) is 45.4 Å². The van der Waals surface area contributed by atoms with Crippen LogP contribution in [0.5, 0.6) is 5.75 Å². The first kappa shape index (κ1) is 24.0. The van der Waals surface area contributed by atoms with Crippen molar-refractivity contribution in [2.45, 2.75) is 17.9 Å². The largest absolute Gasteiger partial charge is 0.495 e. The smallest absolute Gasteiger partial charge is 0.338 e. The van der Waals surface area contributed by atoms with E-state index in [0.29, 0.717) is 17.0 Å². The molecule has 0 aliphatic rings. The van der Waals surface area contributed by atoms with Gasteiger partial charge in [-0.1, -0.05) is 30.3 Å². The molecule has 9 heteroatoms. The Kier molecular flexibility index (Phi) is 6.61. The molecular formula is C26H24N2O6S. The lowest BCUT2D eigenvalue weighted by molar-refractivity contribution is 0.0319. The number of nitrogens with zero attached hydrogens (tertiary/aromatic N) is 1. The molecule has 8 nitrogen and oxygen atoms in total. The number of nitrogens with one attached hydrogen (secondary N) is 1. The maximum absolute atomic E-state index is 13.1. The zero-order chi connectivity index (χ0) is 25.2. The summed E-state index contributed by atoms with van der Waals surface area (Å²) in [7, 11) is -1.02. The van der Waals surface area contributed by atoms with E-state index in [0.717, 1.165) is 15.2 Å². The topological polar surface area (TPSA) is 106 Å². The molecule has 1 heterocycles. The first-order valence-electron chi connectivity index (χ1n) is 10.8. The summed E-state index contributed by atoms with van der Waals surface area (Å²) in [5, 5.41) is 0.745. The quantitative estimate of drug-likeness (QED) is 0.288. The molecular weight excluding hydrogens is 468 g/mol. The molecule has 1 atom stereocenters. The van der Waals surface area contributed by atoms with Gasteiger partial charge >= 0.3 is 5.97 Å². The van der Waals surface area contributed by atoms with Crippen LogP contribution in [-0.2, 0) is 14.8 Å². The number of anilines is 1. The Labute approximate surface area is 203 Å². The van der Waals surface area contributed by atoms with Crippen molar-refractivity contribution in [3.05, 3.63) is 90.1 Å². The molecule has 1 aromatic heterocycles. The van der Waals surface area contributed by atoms with Gasteiger partial charge in [0, 0.05) is 29.7 Å². The second-order valence-electron chi connectivity index (χ2n) is 7.83. The number of aromatic amines is 1. The van der Waals surface area contributed by atoms with Crippen LogP contribution >= 0.6 is 0 Å². The summed E-state index contributed by atoms with van der Waals surface area (Å²) in [6, 6.07) is 19.5. The van der Waals surface area contributed by atoms with E-state index in [4.69, 9.17) is 9.47 Å². The van der Waals surface area contributed by atoms with Gasteiger partial charge in [0.15, 0.2) is 6.10 Å². The lowest BCUT2D eigenvalue weighted by atomic mass is 10.1. The minimum atomic E-state index is -3.91. The molecule has 1 N–H and O–H groups in total. The Hall–Kier alpha value is -4.11. The highest BCUT2D eigenvalue weighted by atomic mass is 32.2. The van der Waals surface area contributed by atoms with Gasteiger partial charge in [0.25, 0.3) is 10.0 Å². The van der Waals surface area contributed by atoms with Gasteiger partial charge in [-0.05, 0) is 49.4 Å². The lowest BCUT2D eigenvalue weighted by Crippen LogP contribution is -2.27. The fourth-order valence-corrected chi connectivity index (χ4v) is 4.92. The number of ether oxygens (including phenoxy) is 2. The number of fused-ring (bicyclic) bond motifs is 1. The van der Waals surface area contributed by atoms with E-state index in [9.17, 15) is 18.0 Å². The van der Waals surface area contributed by atoms with E-state index in [1.165, 1.54) is 45.3 Å². The Balaban J connectivity index is 1.49. The Morgan fingerprint density at radius 2 is 1.60 bits per heavy atom. The monoisotopic (exact) mass is 492 g/mol. The van der Waals surface area contributed by atoms with Crippen molar-refractivity contribution < 1.29 is 27.5 Å². The molecule has 0 bridgehead atoms. The molecule has 0 aliphatic carbocycles. The number of para-hydroxylation sites is 3. The molecule has 0 aliphatic heterocycles. The van der Waals surface area contributed by atoms with E-state index in [1.807, 2.05) is 24.3 Å². The van der Waals surface area contributed by atoms with Crippen LogP contribution in [0.4, 0.5) is 5.69 Å². The number of benzene rings is 3. The predicted octanol–water partition coefficient (Wildman–Crippen LogP) is 4.43. The molecule has 1 unspecified atom stereocenters. The minimum Gasteiger partial charge on any atom is -0.495 e. The molecule has 3 aromatic carbocycles. The number of aromatic nitrogens is 1. The fraction of sp³-hybridized carbons (Fsp3) is 0.154. The Bertz CT molecular complexity index is 1490. The minimum absolute atomic E-state index is 0.00891. The SMILES string of the molecule is COc1ccccc1N(C)S(=O)(=O)c1ccc(C(=O)OC(C)C(=O)c2c[nH]c3ccccc23)cc1. The first-order valence-corrected chi connectivity index (χ1v) is 12.2. The van der Waals surface area contributed by atoms with Crippen molar-refractivity contribution in [2.75, 3.05) is 18.5 Å². The molecule has 180 valence electrons. The van der Waals surface area contributed by atoms with E-state index < -0.39 is 22.1 Å². The van der Waals surface area contributed by atoms with Crippen LogP contribution in [0.2, 0.25) is 0 Å². The zero-order valence-electron chi connectivity index (χ0n) is 19.4. The van der Waals surface area contributed by atoms with Crippen LogP contribution in [0.25, 0.3) is 10.9 Å². The van der Waals surface area contributed by atoms with Crippen LogP contribution in [0.3, 0.4) is 0 Å². The van der Waals surface area contributed by atoms with E-state index in [2.05, 4.69) is 4.98 Å². The highest BCUT2D eigenvalue weighted by Crippen LogP contribution is 2.31. The number of H-pyrrole nitrogens is 1. The summed E-state index contributed by atoms with van der Waals surface area (Å²) in [6.45, 7) is 1.50. The number of rotatable bonds is 8. The summed E-state index contributed by atoms with van der Waals surface area (Å²) in [6.07, 6.45) is 0.566.